The molecule has 1 aliphatic heterocycles. The van der Waals surface area contributed by atoms with Gasteiger partial charge in [0.2, 0.25) is 6.79 Å². The van der Waals surface area contributed by atoms with Crippen LogP contribution >= 0.6 is 0 Å². The fourth-order valence-electron chi connectivity index (χ4n) is 3.39. The minimum Gasteiger partial charge on any atom is -0.493 e. The Bertz CT molecular complexity index is 986. The van der Waals surface area contributed by atoms with Gasteiger partial charge in [0.1, 0.15) is 19.7 Å². The molecule has 29 heavy (non-hydrogen) atoms. The molecule has 2 N–H and O–H groups in total. The van der Waals surface area contributed by atoms with Crippen LogP contribution in [-0.2, 0) is 19.7 Å². The van der Waals surface area contributed by atoms with E-state index in [4.69, 9.17) is 18.9 Å². The number of benzene rings is 3. The minimum atomic E-state index is 0.306. The third kappa shape index (κ3) is 4.81. The molecule has 0 aromatic heterocycles. The minimum absolute atomic E-state index is 0.306. The van der Waals surface area contributed by atoms with Crippen LogP contribution in [0.2, 0.25) is 0 Å². The van der Waals surface area contributed by atoms with E-state index in [9.17, 15) is 0 Å². The summed E-state index contributed by atoms with van der Waals surface area (Å²) in [5.74, 6) is 3.16. The molecular formula is C24H26NO4+. The Balaban J connectivity index is 1.33. The standard InChI is InChI=1S/C24H25NO4/c1-17-4-3-5-20(10-17)15-27-21-8-6-18(11-23(21)26-2)13-25-14-19-7-9-22-24(12-19)29-16-28-22/h3-12,25H,13-16H2,1-2H3/p+1. The normalized spacial score (nSPS) is 12.1. The number of aryl methyl sites for hydroxylation is 1. The van der Waals surface area contributed by atoms with Crippen LogP contribution in [0.5, 0.6) is 23.0 Å². The van der Waals surface area contributed by atoms with Gasteiger partial charge in [-0.25, -0.2) is 0 Å². The Hall–Kier alpha value is -3.18. The summed E-state index contributed by atoms with van der Waals surface area (Å²) in [6.45, 7) is 4.63. The number of nitrogens with two attached hydrogens (primary N) is 1. The molecule has 0 saturated heterocycles. The number of fused-ring (bicyclic) bond motifs is 1. The van der Waals surface area contributed by atoms with Crippen molar-refractivity contribution in [2.45, 2.75) is 26.6 Å². The van der Waals surface area contributed by atoms with Crippen molar-refractivity contribution in [1.29, 1.82) is 0 Å². The van der Waals surface area contributed by atoms with Crippen molar-refractivity contribution < 1.29 is 24.3 Å². The summed E-state index contributed by atoms with van der Waals surface area (Å²) in [7, 11) is 1.68. The second kappa shape index (κ2) is 8.88. The highest BCUT2D eigenvalue weighted by atomic mass is 16.7. The lowest BCUT2D eigenvalue weighted by molar-refractivity contribution is -0.686. The van der Waals surface area contributed by atoms with E-state index in [0.29, 0.717) is 13.4 Å². The van der Waals surface area contributed by atoms with Gasteiger partial charge in [0.05, 0.1) is 7.11 Å². The van der Waals surface area contributed by atoms with Gasteiger partial charge in [-0.1, -0.05) is 29.8 Å². The third-order valence-electron chi connectivity index (χ3n) is 4.90. The van der Waals surface area contributed by atoms with E-state index in [1.165, 1.54) is 16.7 Å². The molecule has 0 spiro atoms. The van der Waals surface area contributed by atoms with Gasteiger partial charge < -0.3 is 24.3 Å². The Morgan fingerprint density at radius 2 is 1.62 bits per heavy atom. The van der Waals surface area contributed by atoms with Crippen LogP contribution < -0.4 is 24.3 Å². The van der Waals surface area contributed by atoms with E-state index in [0.717, 1.165) is 41.7 Å². The summed E-state index contributed by atoms with van der Waals surface area (Å²) in [5, 5.41) is 2.25. The molecule has 0 saturated carbocycles. The Morgan fingerprint density at radius 1 is 0.828 bits per heavy atom. The van der Waals surface area contributed by atoms with E-state index in [2.05, 4.69) is 42.6 Å². The number of ether oxygens (including phenoxy) is 4. The fourth-order valence-corrected chi connectivity index (χ4v) is 3.39. The number of hydrogen-bond acceptors (Lipinski definition) is 4. The molecule has 150 valence electrons. The fraction of sp³-hybridized carbons (Fsp3) is 0.250. The van der Waals surface area contributed by atoms with Crippen LogP contribution in [0.1, 0.15) is 22.3 Å². The first-order valence-corrected chi connectivity index (χ1v) is 9.77. The Kier molecular flexibility index (Phi) is 5.86. The molecule has 0 bridgehead atoms. The molecule has 3 aromatic rings. The zero-order chi connectivity index (χ0) is 20.1. The van der Waals surface area contributed by atoms with Gasteiger partial charge in [0, 0.05) is 11.1 Å². The van der Waals surface area contributed by atoms with Crippen molar-refractivity contribution in [3.8, 4) is 23.0 Å². The number of quaternary nitrogens is 1. The Morgan fingerprint density at radius 3 is 2.45 bits per heavy atom. The largest absolute Gasteiger partial charge is 0.493 e. The van der Waals surface area contributed by atoms with Crippen LogP contribution in [0.4, 0.5) is 0 Å². The molecule has 0 atom stereocenters. The van der Waals surface area contributed by atoms with Crippen LogP contribution in [0.25, 0.3) is 0 Å². The Labute approximate surface area is 171 Å². The quantitative estimate of drug-likeness (QED) is 0.637. The van der Waals surface area contributed by atoms with Crippen LogP contribution in [-0.4, -0.2) is 13.9 Å². The van der Waals surface area contributed by atoms with E-state index >= 15 is 0 Å². The van der Waals surface area contributed by atoms with E-state index < -0.39 is 0 Å². The number of rotatable bonds is 8. The van der Waals surface area contributed by atoms with Gasteiger partial charge in [0.15, 0.2) is 23.0 Å². The highest BCUT2D eigenvalue weighted by Crippen LogP contribution is 2.32. The van der Waals surface area contributed by atoms with Crippen LogP contribution in [0, 0.1) is 6.92 Å². The average Bonchev–Trinajstić information content (AvgIpc) is 3.20. The molecule has 0 fully saturated rings. The second-order valence-electron chi connectivity index (χ2n) is 7.15. The predicted molar refractivity (Wildman–Crippen MR) is 110 cm³/mol. The molecule has 5 heteroatoms. The average molecular weight is 392 g/mol. The monoisotopic (exact) mass is 392 g/mol. The van der Waals surface area contributed by atoms with Gasteiger partial charge in [-0.15, -0.1) is 0 Å². The number of hydrogen-bond donors (Lipinski definition) is 1. The van der Waals surface area contributed by atoms with Gasteiger partial charge in [-0.2, -0.15) is 0 Å². The zero-order valence-electron chi connectivity index (χ0n) is 16.8. The van der Waals surface area contributed by atoms with Crippen LogP contribution in [0.15, 0.2) is 60.7 Å². The zero-order valence-corrected chi connectivity index (χ0v) is 16.8. The first-order valence-electron chi connectivity index (χ1n) is 9.77. The molecule has 5 nitrogen and oxygen atoms in total. The van der Waals surface area contributed by atoms with Crippen molar-refractivity contribution in [2.24, 2.45) is 0 Å². The lowest BCUT2D eigenvalue weighted by Crippen LogP contribution is -2.80. The molecular weight excluding hydrogens is 366 g/mol. The van der Waals surface area contributed by atoms with E-state index in [1.54, 1.807) is 7.11 Å². The maximum atomic E-state index is 5.98. The lowest BCUT2D eigenvalue weighted by Gasteiger charge is -2.12. The van der Waals surface area contributed by atoms with Crippen molar-refractivity contribution in [3.63, 3.8) is 0 Å². The molecule has 0 radical (unpaired) electrons. The summed E-state index contributed by atoms with van der Waals surface area (Å²) in [4.78, 5) is 0. The van der Waals surface area contributed by atoms with Crippen molar-refractivity contribution in [2.75, 3.05) is 13.9 Å². The van der Waals surface area contributed by atoms with Gasteiger partial charge >= 0.3 is 0 Å². The number of methoxy groups -OCH3 is 1. The maximum Gasteiger partial charge on any atom is 0.231 e. The summed E-state index contributed by atoms with van der Waals surface area (Å²) < 4.78 is 22.3. The van der Waals surface area contributed by atoms with Gasteiger partial charge in [-0.3, -0.25) is 0 Å². The first-order chi connectivity index (χ1) is 14.2. The first kappa shape index (κ1) is 19.2. The van der Waals surface area contributed by atoms with Crippen molar-refractivity contribution in [3.05, 3.63) is 82.9 Å². The highest BCUT2D eigenvalue weighted by molar-refractivity contribution is 5.44. The lowest BCUT2D eigenvalue weighted by atomic mass is 10.1. The predicted octanol–water partition coefficient (Wildman–Crippen LogP) is 3.57. The van der Waals surface area contributed by atoms with E-state index in [1.807, 2.05) is 30.3 Å². The van der Waals surface area contributed by atoms with Gasteiger partial charge in [-0.05, 0) is 48.9 Å². The summed E-state index contributed by atoms with van der Waals surface area (Å²) in [5.41, 5.74) is 4.77. The van der Waals surface area contributed by atoms with Crippen LogP contribution in [0.3, 0.4) is 0 Å². The van der Waals surface area contributed by atoms with Gasteiger partial charge in [0.25, 0.3) is 0 Å². The molecule has 4 rings (SSSR count). The molecule has 0 aliphatic carbocycles. The highest BCUT2D eigenvalue weighted by Gasteiger charge is 2.14. The maximum absolute atomic E-state index is 5.98. The molecule has 1 heterocycles. The molecule has 3 aromatic carbocycles. The topological polar surface area (TPSA) is 53.5 Å². The second-order valence-corrected chi connectivity index (χ2v) is 7.15. The smallest absolute Gasteiger partial charge is 0.231 e. The molecule has 0 unspecified atom stereocenters. The van der Waals surface area contributed by atoms with Crippen molar-refractivity contribution >= 4 is 0 Å². The van der Waals surface area contributed by atoms with Crippen molar-refractivity contribution in [1.82, 2.24) is 0 Å². The summed E-state index contributed by atoms with van der Waals surface area (Å²) in [6, 6.07) is 20.5. The summed E-state index contributed by atoms with van der Waals surface area (Å²) in [6.07, 6.45) is 0. The SMILES string of the molecule is COc1cc(C[NH2+]Cc2ccc3c(c2)OCO3)ccc1OCc1cccc(C)c1. The molecule has 1 aliphatic rings. The third-order valence-corrected chi connectivity index (χ3v) is 4.90. The summed E-state index contributed by atoms with van der Waals surface area (Å²) >= 11 is 0. The van der Waals surface area contributed by atoms with E-state index in [-0.39, 0.29) is 0 Å². The molecule has 0 amide bonds.